The molecule has 5 rings (SSSR count). The summed E-state index contributed by atoms with van der Waals surface area (Å²) in [6.45, 7) is -0.255. The van der Waals surface area contributed by atoms with Crippen LogP contribution >= 0.6 is 11.6 Å². The molecule has 2 fully saturated rings. The van der Waals surface area contributed by atoms with Gasteiger partial charge in [-0.3, -0.25) is 0 Å². The molecule has 1 saturated heterocycles. The minimum Gasteiger partial charge on any atom is -0.490 e. The van der Waals surface area contributed by atoms with Crippen molar-refractivity contribution >= 4 is 31.5 Å². The summed E-state index contributed by atoms with van der Waals surface area (Å²) in [5, 5.41) is -0.0727. The van der Waals surface area contributed by atoms with E-state index >= 15 is 4.39 Å². The molecule has 0 unspecified atom stereocenters. The fourth-order valence-corrected chi connectivity index (χ4v) is 9.04. The van der Waals surface area contributed by atoms with Crippen molar-refractivity contribution < 1.29 is 35.1 Å². The molecule has 2 aliphatic heterocycles. The van der Waals surface area contributed by atoms with Crippen LogP contribution in [-0.2, 0) is 29.3 Å². The molecule has 3 aliphatic rings. The van der Waals surface area contributed by atoms with Crippen LogP contribution in [0.4, 0.5) is 8.78 Å². The molecule has 0 amide bonds. The molecule has 35 heavy (non-hydrogen) atoms. The van der Waals surface area contributed by atoms with E-state index in [1.165, 1.54) is 24.3 Å². The van der Waals surface area contributed by atoms with Crippen molar-refractivity contribution in [3.05, 3.63) is 58.6 Å². The first-order valence-corrected chi connectivity index (χ1v) is 14.7. The lowest BCUT2D eigenvalue weighted by Crippen LogP contribution is -2.58. The maximum atomic E-state index is 15.3. The zero-order valence-corrected chi connectivity index (χ0v) is 20.9. The molecule has 0 spiro atoms. The number of sulfonamides is 1. The largest absolute Gasteiger partial charge is 0.490 e. The van der Waals surface area contributed by atoms with E-state index in [1.807, 2.05) is 0 Å². The highest BCUT2D eigenvalue weighted by atomic mass is 35.5. The number of fused-ring (bicyclic) bond motifs is 3. The van der Waals surface area contributed by atoms with E-state index in [2.05, 4.69) is 4.72 Å². The first kappa shape index (κ1) is 24.9. The normalized spacial score (nSPS) is 26.5. The van der Waals surface area contributed by atoms with Crippen LogP contribution in [0, 0.1) is 17.6 Å². The van der Waals surface area contributed by atoms with Gasteiger partial charge in [-0.2, -0.15) is 0 Å². The third kappa shape index (κ3) is 4.15. The quantitative estimate of drug-likeness (QED) is 0.569. The Bertz CT molecular complexity index is 1350. The second-order valence-electron chi connectivity index (χ2n) is 9.08. The number of nitrogens with one attached hydrogen (secondary N) is 1. The topological polar surface area (TPSA) is 98.8 Å². The van der Waals surface area contributed by atoms with Crippen LogP contribution < -0.4 is 9.46 Å². The Hall–Kier alpha value is -1.79. The summed E-state index contributed by atoms with van der Waals surface area (Å²) < 4.78 is 95.1. The molecule has 2 heterocycles. The van der Waals surface area contributed by atoms with E-state index in [-0.39, 0.29) is 43.1 Å². The van der Waals surface area contributed by atoms with Crippen LogP contribution in [0.2, 0.25) is 5.02 Å². The average molecular weight is 548 g/mol. The molecule has 1 saturated carbocycles. The molecule has 0 radical (unpaired) electrons. The van der Waals surface area contributed by atoms with Crippen molar-refractivity contribution in [2.45, 2.75) is 46.7 Å². The van der Waals surface area contributed by atoms with Gasteiger partial charge in [0.25, 0.3) is 0 Å². The molecule has 12 heteroatoms. The smallest absolute Gasteiger partial charge is 0.214 e. The van der Waals surface area contributed by atoms with Gasteiger partial charge in [0.15, 0.2) is 21.4 Å². The fourth-order valence-electron chi connectivity index (χ4n) is 5.17. The highest BCUT2D eigenvalue weighted by Gasteiger charge is 2.61. The van der Waals surface area contributed by atoms with Crippen LogP contribution in [0.5, 0.6) is 5.75 Å². The van der Waals surface area contributed by atoms with Gasteiger partial charge < -0.3 is 9.47 Å². The first-order valence-electron chi connectivity index (χ1n) is 11.3. The number of benzene rings is 2. The van der Waals surface area contributed by atoms with E-state index in [9.17, 15) is 21.2 Å². The Balaban J connectivity index is 1.58. The summed E-state index contributed by atoms with van der Waals surface area (Å²) in [6, 6.07) is 7.32. The Morgan fingerprint density at radius 1 is 1.03 bits per heavy atom. The highest BCUT2D eigenvalue weighted by molar-refractivity contribution is 7.92. The number of halogens is 3. The number of ether oxygens (including phenoxy) is 2. The summed E-state index contributed by atoms with van der Waals surface area (Å²) in [5.41, 5.74) is -0.351. The fraction of sp³-hybridized carbons (Fsp3) is 0.478. The van der Waals surface area contributed by atoms with E-state index in [0.29, 0.717) is 17.9 Å². The molecule has 7 nitrogen and oxygen atoms in total. The third-order valence-electron chi connectivity index (χ3n) is 7.04. The molecule has 2 aromatic rings. The Kier molecular flexibility index (Phi) is 6.36. The van der Waals surface area contributed by atoms with E-state index < -0.39 is 59.3 Å². The number of hydrogen-bond acceptors (Lipinski definition) is 6. The van der Waals surface area contributed by atoms with Gasteiger partial charge in [-0.15, -0.1) is 0 Å². The van der Waals surface area contributed by atoms with Gasteiger partial charge in [0.2, 0.25) is 10.0 Å². The van der Waals surface area contributed by atoms with E-state index in [1.54, 1.807) is 0 Å². The summed E-state index contributed by atoms with van der Waals surface area (Å²) >= 11 is 5.95. The van der Waals surface area contributed by atoms with Gasteiger partial charge in [0.05, 0.1) is 28.4 Å². The Labute approximate surface area is 207 Å². The molecule has 0 bridgehead atoms. The summed E-state index contributed by atoms with van der Waals surface area (Å²) in [6.07, 6.45) is 0.461. The molecular formula is C23H24ClF2NO6S2. The molecule has 2 aromatic carbocycles. The Morgan fingerprint density at radius 2 is 1.71 bits per heavy atom. The predicted molar refractivity (Wildman–Crippen MR) is 125 cm³/mol. The zero-order chi connectivity index (χ0) is 25.0. The SMILES string of the molecule is O=S(=O)(NCC[C@@H]1OCC[C@@]2(S(=O)(=O)c3ccc(Cl)cc3)c3c(F)ccc(F)c3OC[C@@H]12)C1CC1. The monoisotopic (exact) mass is 547 g/mol. The number of sulfone groups is 1. The summed E-state index contributed by atoms with van der Waals surface area (Å²) in [7, 11) is -7.75. The Morgan fingerprint density at radius 3 is 2.40 bits per heavy atom. The van der Waals surface area contributed by atoms with Crippen LogP contribution in [0.25, 0.3) is 0 Å². The lowest BCUT2D eigenvalue weighted by molar-refractivity contribution is -0.0749. The maximum Gasteiger partial charge on any atom is 0.214 e. The van der Waals surface area contributed by atoms with Gasteiger partial charge in [-0.1, -0.05) is 11.6 Å². The molecule has 0 aromatic heterocycles. The lowest BCUT2D eigenvalue weighted by atomic mass is 9.75. The lowest BCUT2D eigenvalue weighted by Gasteiger charge is -2.50. The molecule has 190 valence electrons. The zero-order valence-electron chi connectivity index (χ0n) is 18.5. The second-order valence-corrected chi connectivity index (χ2v) is 13.8. The first-order chi connectivity index (χ1) is 16.6. The van der Waals surface area contributed by atoms with Gasteiger partial charge in [-0.05, 0) is 62.1 Å². The minimum atomic E-state index is -4.31. The number of hydrogen-bond donors (Lipinski definition) is 1. The van der Waals surface area contributed by atoms with Crippen molar-refractivity contribution in [3.63, 3.8) is 0 Å². The summed E-state index contributed by atoms with van der Waals surface area (Å²) in [5.74, 6) is -3.08. The van der Waals surface area contributed by atoms with Crippen molar-refractivity contribution in [1.82, 2.24) is 4.72 Å². The molecule has 3 atom stereocenters. The van der Waals surface area contributed by atoms with Crippen LogP contribution in [0.1, 0.15) is 31.2 Å². The molecular weight excluding hydrogens is 524 g/mol. The molecule has 1 N–H and O–H groups in total. The van der Waals surface area contributed by atoms with Crippen LogP contribution in [0.15, 0.2) is 41.3 Å². The second kappa shape index (κ2) is 8.95. The van der Waals surface area contributed by atoms with E-state index in [0.717, 1.165) is 12.1 Å². The van der Waals surface area contributed by atoms with Gasteiger partial charge in [0, 0.05) is 24.1 Å². The standard InChI is InChI=1S/C23H24ClF2NO6S2/c24-14-1-3-15(4-2-14)34(28,29)23-10-12-32-20(9-11-27-35(30,31)16-5-6-16)17(23)13-33-22-19(26)8-7-18(25)21(22)23/h1-4,7-8,16-17,20,27H,5-6,9-13H2/t17-,20-,23-/m0/s1. The summed E-state index contributed by atoms with van der Waals surface area (Å²) in [4.78, 5) is -0.0847. The van der Waals surface area contributed by atoms with Crippen molar-refractivity contribution in [3.8, 4) is 5.75 Å². The van der Waals surface area contributed by atoms with Crippen LogP contribution in [0.3, 0.4) is 0 Å². The van der Waals surface area contributed by atoms with Gasteiger partial charge >= 0.3 is 0 Å². The highest BCUT2D eigenvalue weighted by Crippen LogP contribution is 2.55. The van der Waals surface area contributed by atoms with Crippen molar-refractivity contribution in [1.29, 1.82) is 0 Å². The van der Waals surface area contributed by atoms with Crippen molar-refractivity contribution in [2.24, 2.45) is 5.92 Å². The predicted octanol–water partition coefficient (Wildman–Crippen LogP) is 3.56. The van der Waals surface area contributed by atoms with Crippen molar-refractivity contribution in [2.75, 3.05) is 19.8 Å². The maximum absolute atomic E-state index is 15.3. The molecule has 1 aliphatic carbocycles. The van der Waals surface area contributed by atoms with E-state index in [4.69, 9.17) is 21.1 Å². The number of rotatable bonds is 7. The van der Waals surface area contributed by atoms with Gasteiger partial charge in [0.1, 0.15) is 10.6 Å². The third-order valence-corrected chi connectivity index (χ3v) is 11.8. The van der Waals surface area contributed by atoms with Crippen LogP contribution in [-0.4, -0.2) is 47.9 Å². The minimum absolute atomic E-state index is 0.0234. The van der Waals surface area contributed by atoms with Gasteiger partial charge in [-0.25, -0.2) is 30.3 Å². The average Bonchev–Trinajstić information content (AvgIpc) is 3.67.